The Morgan fingerprint density at radius 1 is 1.13 bits per heavy atom. The molecule has 0 aliphatic carbocycles. The van der Waals surface area contributed by atoms with Gasteiger partial charge in [-0.1, -0.05) is 30.3 Å². The Morgan fingerprint density at radius 2 is 1.87 bits per heavy atom. The number of nitrogens with zero attached hydrogens (tertiary/aromatic N) is 1. The number of carbonyl (C=O) groups is 2. The third-order valence-corrected chi connectivity index (χ3v) is 3.30. The number of hydrogen-bond donors (Lipinski definition) is 2. The van der Waals surface area contributed by atoms with Gasteiger partial charge < -0.3 is 10.6 Å². The summed E-state index contributed by atoms with van der Waals surface area (Å²) in [7, 11) is 0. The van der Waals surface area contributed by atoms with Crippen LogP contribution < -0.4 is 10.6 Å². The van der Waals surface area contributed by atoms with Crippen LogP contribution in [0.25, 0.3) is 0 Å². The molecule has 0 saturated carbocycles. The van der Waals surface area contributed by atoms with Crippen molar-refractivity contribution in [1.82, 2.24) is 10.6 Å². The standard InChI is InChI=1S/C18H17N3O2/c1-13(21-18(23)16-8-3-2-4-9-16)17(22)20-12-15-7-5-6-14(10-15)11-19/h2-10,13H,12H2,1H3,(H,20,22)(H,21,23). The topological polar surface area (TPSA) is 82.0 Å². The van der Waals surface area contributed by atoms with Crippen molar-refractivity contribution in [1.29, 1.82) is 5.26 Å². The van der Waals surface area contributed by atoms with Gasteiger partial charge in [-0.25, -0.2) is 0 Å². The number of hydrogen-bond acceptors (Lipinski definition) is 3. The first-order valence-corrected chi connectivity index (χ1v) is 7.23. The zero-order valence-corrected chi connectivity index (χ0v) is 12.7. The normalized spacial score (nSPS) is 11.1. The van der Waals surface area contributed by atoms with Crippen molar-refractivity contribution < 1.29 is 9.59 Å². The first kappa shape index (κ1) is 16.2. The number of nitriles is 1. The van der Waals surface area contributed by atoms with Gasteiger partial charge >= 0.3 is 0 Å². The maximum Gasteiger partial charge on any atom is 0.251 e. The second-order valence-corrected chi connectivity index (χ2v) is 5.09. The Morgan fingerprint density at radius 3 is 2.57 bits per heavy atom. The van der Waals surface area contributed by atoms with Gasteiger partial charge in [-0.2, -0.15) is 5.26 Å². The fourth-order valence-electron chi connectivity index (χ4n) is 2.03. The van der Waals surface area contributed by atoms with Crippen molar-refractivity contribution in [2.75, 3.05) is 0 Å². The van der Waals surface area contributed by atoms with E-state index in [1.807, 2.05) is 12.1 Å². The number of benzene rings is 2. The van der Waals surface area contributed by atoms with E-state index in [4.69, 9.17) is 5.26 Å². The molecule has 0 spiro atoms. The average molecular weight is 307 g/mol. The molecule has 0 heterocycles. The van der Waals surface area contributed by atoms with Crippen LogP contribution in [-0.4, -0.2) is 17.9 Å². The van der Waals surface area contributed by atoms with Gasteiger partial charge in [-0.05, 0) is 36.8 Å². The highest BCUT2D eigenvalue weighted by Crippen LogP contribution is 2.04. The monoisotopic (exact) mass is 307 g/mol. The van der Waals surface area contributed by atoms with E-state index in [-0.39, 0.29) is 11.8 Å². The number of carbonyl (C=O) groups excluding carboxylic acids is 2. The van der Waals surface area contributed by atoms with Gasteiger partial charge in [-0.15, -0.1) is 0 Å². The molecule has 23 heavy (non-hydrogen) atoms. The summed E-state index contributed by atoms with van der Waals surface area (Å²) in [5.41, 5.74) is 1.88. The molecule has 2 rings (SSSR count). The molecular weight excluding hydrogens is 290 g/mol. The van der Waals surface area contributed by atoms with Crippen molar-refractivity contribution in [2.45, 2.75) is 19.5 Å². The summed E-state index contributed by atoms with van der Waals surface area (Å²) in [6, 6.07) is 17.1. The lowest BCUT2D eigenvalue weighted by molar-refractivity contribution is -0.122. The lowest BCUT2D eigenvalue weighted by Crippen LogP contribution is -2.44. The molecule has 5 nitrogen and oxygen atoms in total. The highest BCUT2D eigenvalue weighted by atomic mass is 16.2. The predicted octanol–water partition coefficient (Wildman–Crippen LogP) is 1.99. The minimum absolute atomic E-state index is 0.281. The Kier molecular flexibility index (Phi) is 5.48. The maximum atomic E-state index is 12.0. The van der Waals surface area contributed by atoms with Crippen molar-refractivity contribution >= 4 is 11.8 Å². The van der Waals surface area contributed by atoms with Crippen molar-refractivity contribution in [2.24, 2.45) is 0 Å². The maximum absolute atomic E-state index is 12.0. The highest BCUT2D eigenvalue weighted by Gasteiger charge is 2.16. The summed E-state index contributed by atoms with van der Waals surface area (Å²) < 4.78 is 0. The number of rotatable bonds is 5. The predicted molar refractivity (Wildman–Crippen MR) is 86.4 cm³/mol. The molecule has 0 saturated heterocycles. The van der Waals surface area contributed by atoms with Gasteiger partial charge in [0.15, 0.2) is 0 Å². The Bertz CT molecular complexity index is 735. The molecule has 1 atom stereocenters. The van der Waals surface area contributed by atoms with Crippen LogP contribution in [0.2, 0.25) is 0 Å². The van der Waals surface area contributed by atoms with Crippen LogP contribution in [0.3, 0.4) is 0 Å². The van der Waals surface area contributed by atoms with Gasteiger partial charge in [-0.3, -0.25) is 9.59 Å². The van der Waals surface area contributed by atoms with E-state index in [9.17, 15) is 9.59 Å². The second-order valence-electron chi connectivity index (χ2n) is 5.09. The molecule has 116 valence electrons. The Labute approximate surface area is 134 Å². The molecular formula is C18H17N3O2. The summed E-state index contributed by atoms with van der Waals surface area (Å²) in [5, 5.41) is 14.2. The van der Waals surface area contributed by atoms with Crippen LogP contribution in [0.15, 0.2) is 54.6 Å². The van der Waals surface area contributed by atoms with Crippen LogP contribution in [0.1, 0.15) is 28.4 Å². The molecule has 0 aromatic heterocycles. The van der Waals surface area contributed by atoms with Gasteiger partial charge in [0, 0.05) is 12.1 Å². The minimum atomic E-state index is -0.651. The second kappa shape index (κ2) is 7.76. The van der Waals surface area contributed by atoms with Crippen molar-refractivity contribution in [3.8, 4) is 6.07 Å². The van der Waals surface area contributed by atoms with Crippen molar-refractivity contribution in [3.05, 3.63) is 71.3 Å². The van der Waals surface area contributed by atoms with Crippen LogP contribution in [0.4, 0.5) is 0 Å². The summed E-state index contributed by atoms with van der Waals surface area (Å²) in [4.78, 5) is 24.0. The molecule has 0 bridgehead atoms. The lowest BCUT2D eigenvalue weighted by atomic mass is 10.1. The fourth-order valence-corrected chi connectivity index (χ4v) is 2.03. The highest BCUT2D eigenvalue weighted by molar-refractivity contribution is 5.97. The first-order valence-electron chi connectivity index (χ1n) is 7.23. The average Bonchev–Trinajstić information content (AvgIpc) is 2.60. The summed E-state index contributed by atoms with van der Waals surface area (Å²) >= 11 is 0. The fraction of sp³-hybridized carbons (Fsp3) is 0.167. The SMILES string of the molecule is CC(NC(=O)c1ccccc1)C(=O)NCc1cccc(C#N)c1. The van der Waals surface area contributed by atoms with E-state index >= 15 is 0 Å². The lowest BCUT2D eigenvalue weighted by Gasteiger charge is -2.14. The van der Waals surface area contributed by atoms with Gasteiger partial charge in [0.1, 0.15) is 6.04 Å². The van der Waals surface area contributed by atoms with E-state index in [0.29, 0.717) is 17.7 Å². The molecule has 2 N–H and O–H groups in total. The van der Waals surface area contributed by atoms with E-state index < -0.39 is 6.04 Å². The van der Waals surface area contributed by atoms with Crippen LogP contribution in [0, 0.1) is 11.3 Å². The summed E-state index contributed by atoms with van der Waals surface area (Å²) in [6.07, 6.45) is 0. The molecule has 0 aliphatic rings. The van der Waals surface area contributed by atoms with E-state index in [0.717, 1.165) is 5.56 Å². The Balaban J connectivity index is 1.88. The summed E-state index contributed by atoms with van der Waals surface area (Å²) in [5.74, 6) is -0.573. The quantitative estimate of drug-likeness (QED) is 0.886. The first-order chi connectivity index (χ1) is 11.1. The number of amides is 2. The van der Waals surface area contributed by atoms with E-state index in [2.05, 4.69) is 16.7 Å². The smallest absolute Gasteiger partial charge is 0.251 e. The van der Waals surface area contributed by atoms with Gasteiger partial charge in [0.25, 0.3) is 5.91 Å². The molecule has 2 aromatic carbocycles. The number of nitrogens with one attached hydrogen (secondary N) is 2. The Hall–Kier alpha value is -3.13. The zero-order valence-electron chi connectivity index (χ0n) is 12.7. The molecule has 1 unspecified atom stereocenters. The van der Waals surface area contributed by atoms with Crippen LogP contribution in [0.5, 0.6) is 0 Å². The van der Waals surface area contributed by atoms with Gasteiger partial charge in [0.2, 0.25) is 5.91 Å². The molecule has 0 radical (unpaired) electrons. The van der Waals surface area contributed by atoms with Gasteiger partial charge in [0.05, 0.1) is 11.6 Å². The molecule has 2 aromatic rings. The minimum Gasteiger partial charge on any atom is -0.350 e. The summed E-state index contributed by atoms with van der Waals surface area (Å²) in [6.45, 7) is 1.93. The molecule has 0 fully saturated rings. The van der Waals surface area contributed by atoms with E-state index in [1.54, 1.807) is 49.4 Å². The zero-order chi connectivity index (χ0) is 16.7. The van der Waals surface area contributed by atoms with Crippen molar-refractivity contribution in [3.63, 3.8) is 0 Å². The largest absolute Gasteiger partial charge is 0.350 e. The molecule has 2 amide bonds. The third-order valence-electron chi connectivity index (χ3n) is 3.30. The van der Waals surface area contributed by atoms with Crippen LogP contribution in [-0.2, 0) is 11.3 Å². The molecule has 0 aliphatic heterocycles. The van der Waals surface area contributed by atoms with Crippen LogP contribution >= 0.6 is 0 Å². The third kappa shape index (κ3) is 4.68. The molecule has 5 heteroatoms. The van der Waals surface area contributed by atoms with E-state index in [1.165, 1.54) is 0 Å².